The number of nitrogens with one attached hydrogen (secondary N) is 1. The van der Waals surface area contributed by atoms with Crippen LogP contribution in [0.2, 0.25) is 0 Å². The molecule has 1 saturated carbocycles. The molecule has 0 spiro atoms. The Morgan fingerprint density at radius 2 is 1.81 bits per heavy atom. The molecule has 3 unspecified atom stereocenters. The van der Waals surface area contributed by atoms with Crippen molar-refractivity contribution in [3.63, 3.8) is 0 Å². The van der Waals surface area contributed by atoms with Gasteiger partial charge in [-0.05, 0) is 37.0 Å². The third-order valence-corrected chi connectivity index (χ3v) is 5.38. The van der Waals surface area contributed by atoms with E-state index in [0.717, 1.165) is 19.3 Å². The molecule has 0 aromatic rings. The van der Waals surface area contributed by atoms with Gasteiger partial charge in [-0.15, -0.1) is 0 Å². The molecule has 2 amide bonds. The van der Waals surface area contributed by atoms with Gasteiger partial charge >= 0.3 is 12.0 Å². The SMILES string of the molecule is CC1CCCC(NC(=O)N2CCC(CC(=O)O)CC2)C1C. The predicted octanol–water partition coefficient (Wildman–Crippen LogP) is 2.71. The van der Waals surface area contributed by atoms with Gasteiger partial charge in [0.25, 0.3) is 0 Å². The van der Waals surface area contributed by atoms with Gasteiger partial charge in [0.15, 0.2) is 0 Å². The predicted molar refractivity (Wildman–Crippen MR) is 81.0 cm³/mol. The van der Waals surface area contributed by atoms with Crippen molar-refractivity contribution in [2.75, 3.05) is 13.1 Å². The molecule has 0 aromatic carbocycles. The van der Waals surface area contributed by atoms with Gasteiger partial charge in [-0.3, -0.25) is 4.79 Å². The molecule has 2 aliphatic rings. The number of urea groups is 1. The topological polar surface area (TPSA) is 69.6 Å². The van der Waals surface area contributed by atoms with E-state index in [0.29, 0.717) is 24.9 Å². The van der Waals surface area contributed by atoms with Gasteiger partial charge in [-0.25, -0.2) is 4.79 Å². The third kappa shape index (κ3) is 4.35. The van der Waals surface area contributed by atoms with Crippen molar-refractivity contribution in [2.24, 2.45) is 17.8 Å². The lowest BCUT2D eigenvalue weighted by Crippen LogP contribution is -2.51. The van der Waals surface area contributed by atoms with Crippen LogP contribution in [0.15, 0.2) is 0 Å². The summed E-state index contributed by atoms with van der Waals surface area (Å²) in [4.78, 5) is 24.9. The maximum atomic E-state index is 12.3. The van der Waals surface area contributed by atoms with Crippen LogP contribution in [0.4, 0.5) is 4.79 Å². The Morgan fingerprint density at radius 3 is 2.43 bits per heavy atom. The number of likely N-dealkylation sites (tertiary alicyclic amines) is 1. The standard InChI is InChI=1S/C16H28N2O3/c1-11-4-3-5-14(12(11)2)17-16(21)18-8-6-13(7-9-18)10-15(19)20/h11-14H,3-10H2,1-2H3,(H,17,21)(H,19,20). The summed E-state index contributed by atoms with van der Waals surface area (Å²) in [5, 5.41) is 12.0. The quantitative estimate of drug-likeness (QED) is 0.841. The van der Waals surface area contributed by atoms with E-state index in [1.807, 2.05) is 4.90 Å². The number of rotatable bonds is 3. The smallest absolute Gasteiger partial charge is 0.317 e. The number of carboxylic acid groups (broad SMARTS) is 1. The first-order chi connectivity index (χ1) is 9.97. The first-order valence-corrected chi connectivity index (χ1v) is 8.24. The largest absolute Gasteiger partial charge is 0.481 e. The molecule has 2 N–H and O–H groups in total. The number of aliphatic carboxylic acids is 1. The van der Waals surface area contributed by atoms with Crippen molar-refractivity contribution in [2.45, 2.75) is 58.4 Å². The molecule has 0 aromatic heterocycles. The van der Waals surface area contributed by atoms with Crippen LogP contribution in [0, 0.1) is 17.8 Å². The average molecular weight is 296 g/mol. The molecule has 5 heteroatoms. The van der Waals surface area contributed by atoms with Crippen LogP contribution in [-0.4, -0.2) is 41.1 Å². The fourth-order valence-corrected chi connectivity index (χ4v) is 3.62. The lowest BCUT2D eigenvalue weighted by atomic mass is 9.78. The maximum absolute atomic E-state index is 12.3. The van der Waals surface area contributed by atoms with E-state index in [4.69, 9.17) is 5.11 Å². The highest BCUT2D eigenvalue weighted by Crippen LogP contribution is 2.29. The zero-order chi connectivity index (χ0) is 15.4. The number of carbonyl (C=O) groups is 2. The molecule has 0 bridgehead atoms. The van der Waals surface area contributed by atoms with Gasteiger partial charge in [-0.2, -0.15) is 0 Å². The fraction of sp³-hybridized carbons (Fsp3) is 0.875. The summed E-state index contributed by atoms with van der Waals surface area (Å²) in [6, 6.07) is 0.327. The van der Waals surface area contributed by atoms with Gasteiger partial charge in [0.2, 0.25) is 0 Å². The number of amides is 2. The minimum Gasteiger partial charge on any atom is -0.481 e. The molecule has 1 aliphatic heterocycles. The molecule has 2 fully saturated rings. The van der Waals surface area contributed by atoms with E-state index in [9.17, 15) is 9.59 Å². The van der Waals surface area contributed by atoms with Gasteiger partial charge < -0.3 is 15.3 Å². The molecule has 2 rings (SSSR count). The number of carboxylic acids is 1. The molecule has 1 saturated heterocycles. The van der Waals surface area contributed by atoms with Crippen molar-refractivity contribution in [3.8, 4) is 0 Å². The average Bonchev–Trinajstić information content (AvgIpc) is 2.44. The van der Waals surface area contributed by atoms with Crippen molar-refractivity contribution >= 4 is 12.0 Å². The zero-order valence-electron chi connectivity index (χ0n) is 13.2. The lowest BCUT2D eigenvalue weighted by Gasteiger charge is -2.37. The van der Waals surface area contributed by atoms with E-state index in [2.05, 4.69) is 19.2 Å². The Bertz CT molecular complexity index is 378. The van der Waals surface area contributed by atoms with Crippen LogP contribution in [0.5, 0.6) is 0 Å². The highest BCUT2D eigenvalue weighted by Gasteiger charge is 2.30. The number of carbonyl (C=O) groups excluding carboxylic acids is 1. The first kappa shape index (κ1) is 16.1. The number of nitrogens with zero attached hydrogens (tertiary/aromatic N) is 1. The van der Waals surface area contributed by atoms with E-state index in [1.54, 1.807) is 0 Å². The second-order valence-electron chi connectivity index (χ2n) is 6.85. The first-order valence-electron chi connectivity index (χ1n) is 8.24. The second-order valence-corrected chi connectivity index (χ2v) is 6.85. The molecule has 5 nitrogen and oxygen atoms in total. The Labute approximate surface area is 127 Å². The number of hydrogen-bond acceptors (Lipinski definition) is 2. The fourth-order valence-electron chi connectivity index (χ4n) is 3.62. The molecule has 1 aliphatic carbocycles. The zero-order valence-corrected chi connectivity index (χ0v) is 13.2. The van der Waals surface area contributed by atoms with E-state index >= 15 is 0 Å². The Hall–Kier alpha value is -1.26. The summed E-state index contributed by atoms with van der Waals surface area (Å²) in [6.07, 6.45) is 5.36. The Kier molecular flexibility index (Phi) is 5.48. The highest BCUT2D eigenvalue weighted by molar-refractivity contribution is 5.74. The van der Waals surface area contributed by atoms with Crippen LogP contribution in [-0.2, 0) is 4.79 Å². The van der Waals surface area contributed by atoms with Gasteiger partial charge in [0.05, 0.1) is 0 Å². The Balaban J connectivity index is 1.78. The molecule has 21 heavy (non-hydrogen) atoms. The number of piperidine rings is 1. The summed E-state index contributed by atoms with van der Waals surface area (Å²) < 4.78 is 0. The van der Waals surface area contributed by atoms with Crippen LogP contribution < -0.4 is 5.32 Å². The summed E-state index contributed by atoms with van der Waals surface area (Å²) in [5.41, 5.74) is 0. The summed E-state index contributed by atoms with van der Waals surface area (Å²) >= 11 is 0. The summed E-state index contributed by atoms with van der Waals surface area (Å²) in [7, 11) is 0. The normalized spacial score (nSPS) is 31.0. The van der Waals surface area contributed by atoms with Gasteiger partial charge in [0.1, 0.15) is 0 Å². The molecular weight excluding hydrogens is 268 g/mol. The third-order valence-electron chi connectivity index (χ3n) is 5.38. The monoisotopic (exact) mass is 296 g/mol. The second kappa shape index (κ2) is 7.14. The van der Waals surface area contributed by atoms with Crippen molar-refractivity contribution in [1.82, 2.24) is 10.2 Å². The van der Waals surface area contributed by atoms with E-state index in [1.165, 1.54) is 12.8 Å². The lowest BCUT2D eigenvalue weighted by molar-refractivity contribution is -0.138. The van der Waals surface area contributed by atoms with Crippen LogP contribution in [0.3, 0.4) is 0 Å². The molecule has 120 valence electrons. The molecule has 0 radical (unpaired) electrons. The molecule has 3 atom stereocenters. The van der Waals surface area contributed by atoms with Gasteiger partial charge in [-0.1, -0.05) is 26.7 Å². The molecule has 1 heterocycles. The van der Waals surface area contributed by atoms with E-state index in [-0.39, 0.29) is 24.4 Å². The highest BCUT2D eigenvalue weighted by atomic mass is 16.4. The molecular formula is C16H28N2O3. The Morgan fingerprint density at radius 1 is 1.14 bits per heavy atom. The van der Waals surface area contributed by atoms with Crippen LogP contribution in [0.25, 0.3) is 0 Å². The van der Waals surface area contributed by atoms with Crippen molar-refractivity contribution < 1.29 is 14.7 Å². The minimum atomic E-state index is -0.733. The van der Waals surface area contributed by atoms with Crippen molar-refractivity contribution in [3.05, 3.63) is 0 Å². The summed E-state index contributed by atoms with van der Waals surface area (Å²) in [6.45, 7) is 5.86. The summed E-state index contributed by atoms with van der Waals surface area (Å²) in [5.74, 6) is 0.695. The maximum Gasteiger partial charge on any atom is 0.317 e. The van der Waals surface area contributed by atoms with Crippen molar-refractivity contribution in [1.29, 1.82) is 0 Å². The van der Waals surface area contributed by atoms with E-state index < -0.39 is 5.97 Å². The van der Waals surface area contributed by atoms with Crippen LogP contribution in [0.1, 0.15) is 52.4 Å². The van der Waals surface area contributed by atoms with Gasteiger partial charge in [0, 0.05) is 25.6 Å². The van der Waals surface area contributed by atoms with Crippen LogP contribution >= 0.6 is 0 Å². The minimum absolute atomic E-state index is 0.0368. The number of hydrogen-bond donors (Lipinski definition) is 2.